The Hall–Kier alpha value is -1.39. The van der Waals surface area contributed by atoms with Crippen molar-refractivity contribution in [1.29, 1.82) is 0 Å². The molecule has 2 nitrogen and oxygen atoms in total. The molecule has 1 aromatic rings. The van der Waals surface area contributed by atoms with Crippen LogP contribution in [0.2, 0.25) is 0 Å². The highest BCUT2D eigenvalue weighted by molar-refractivity contribution is 5.49. The topological polar surface area (TPSA) is 35.2 Å². The quantitative estimate of drug-likeness (QED) is 0.823. The molecule has 0 bridgehead atoms. The molecule has 2 N–H and O–H groups in total. The lowest BCUT2D eigenvalue weighted by molar-refractivity contribution is -0.139. The first-order valence-corrected chi connectivity index (χ1v) is 5.44. The Bertz CT molecular complexity index is 377. The van der Waals surface area contributed by atoms with Crippen LogP contribution in [0, 0.1) is 5.92 Å². The van der Waals surface area contributed by atoms with Gasteiger partial charge < -0.3 is 10.5 Å². The normalized spacial score (nSPS) is 13.5. The molecule has 0 saturated heterocycles. The van der Waals surface area contributed by atoms with Crippen LogP contribution in [0.25, 0.3) is 0 Å². The van der Waals surface area contributed by atoms with Crippen molar-refractivity contribution in [2.24, 2.45) is 5.92 Å². The highest BCUT2D eigenvalue weighted by Crippen LogP contribution is 2.37. The van der Waals surface area contributed by atoms with Crippen molar-refractivity contribution in [3.05, 3.63) is 23.8 Å². The lowest BCUT2D eigenvalue weighted by Crippen LogP contribution is -2.13. The van der Waals surface area contributed by atoms with Gasteiger partial charge in [-0.3, -0.25) is 0 Å². The zero-order valence-electron chi connectivity index (χ0n) is 9.84. The third kappa shape index (κ3) is 3.84. The Morgan fingerprint density at radius 2 is 2.00 bits per heavy atom. The summed E-state index contributed by atoms with van der Waals surface area (Å²) in [4.78, 5) is 0. The Balaban J connectivity index is 2.91. The standard InChI is InChI=1S/C12H16F3NO/c1-3-8(2)7-17-11-5-4-9(16)6-10(11)12(13,14)15/h4-6,8H,3,7,16H2,1-2H3. The fourth-order valence-electron chi connectivity index (χ4n) is 1.24. The van der Waals surface area contributed by atoms with Crippen LogP contribution in [-0.2, 0) is 6.18 Å². The zero-order valence-corrected chi connectivity index (χ0v) is 9.84. The molecule has 0 spiro atoms. The molecule has 1 aromatic carbocycles. The maximum atomic E-state index is 12.7. The summed E-state index contributed by atoms with van der Waals surface area (Å²) in [6.45, 7) is 4.15. The molecule has 0 aliphatic rings. The van der Waals surface area contributed by atoms with Crippen LogP contribution in [0.15, 0.2) is 18.2 Å². The molecule has 96 valence electrons. The maximum absolute atomic E-state index is 12.7. The Morgan fingerprint density at radius 1 is 1.35 bits per heavy atom. The highest BCUT2D eigenvalue weighted by Gasteiger charge is 2.34. The molecule has 1 unspecified atom stereocenters. The number of benzene rings is 1. The van der Waals surface area contributed by atoms with Gasteiger partial charge in [-0.25, -0.2) is 0 Å². The number of hydrogen-bond acceptors (Lipinski definition) is 2. The van der Waals surface area contributed by atoms with Gasteiger partial charge >= 0.3 is 6.18 Å². The molecule has 17 heavy (non-hydrogen) atoms. The first-order valence-electron chi connectivity index (χ1n) is 5.44. The molecule has 0 aliphatic heterocycles. The van der Waals surface area contributed by atoms with Crippen LogP contribution in [-0.4, -0.2) is 6.61 Å². The molecular formula is C12H16F3NO. The van der Waals surface area contributed by atoms with E-state index >= 15 is 0 Å². The van der Waals surface area contributed by atoms with Crippen molar-refractivity contribution in [3.63, 3.8) is 0 Å². The summed E-state index contributed by atoms with van der Waals surface area (Å²) < 4.78 is 43.3. The molecule has 0 radical (unpaired) electrons. The van der Waals surface area contributed by atoms with Gasteiger partial charge in [0, 0.05) is 5.69 Å². The van der Waals surface area contributed by atoms with E-state index in [4.69, 9.17) is 10.5 Å². The molecule has 0 saturated carbocycles. The fourth-order valence-corrected chi connectivity index (χ4v) is 1.24. The molecule has 0 aromatic heterocycles. The van der Waals surface area contributed by atoms with Gasteiger partial charge in [0.1, 0.15) is 5.75 Å². The average Bonchev–Trinajstić information content (AvgIpc) is 2.25. The minimum atomic E-state index is -4.44. The monoisotopic (exact) mass is 247 g/mol. The van der Waals surface area contributed by atoms with E-state index in [0.717, 1.165) is 12.5 Å². The van der Waals surface area contributed by atoms with Crippen LogP contribution in [0.5, 0.6) is 5.75 Å². The first-order chi connectivity index (χ1) is 7.84. The Kier molecular flexibility index (Phi) is 4.26. The van der Waals surface area contributed by atoms with E-state index in [0.29, 0.717) is 0 Å². The van der Waals surface area contributed by atoms with E-state index in [-0.39, 0.29) is 24.0 Å². The number of hydrogen-bond donors (Lipinski definition) is 1. The smallest absolute Gasteiger partial charge is 0.420 e. The van der Waals surface area contributed by atoms with Crippen LogP contribution in [0.1, 0.15) is 25.8 Å². The minimum absolute atomic E-state index is 0.0771. The van der Waals surface area contributed by atoms with Crippen molar-refractivity contribution >= 4 is 5.69 Å². The number of nitrogen functional groups attached to an aromatic ring is 1. The van der Waals surface area contributed by atoms with E-state index in [1.165, 1.54) is 12.1 Å². The second-order valence-electron chi connectivity index (χ2n) is 4.08. The van der Waals surface area contributed by atoms with E-state index < -0.39 is 11.7 Å². The fraction of sp³-hybridized carbons (Fsp3) is 0.500. The maximum Gasteiger partial charge on any atom is 0.420 e. The summed E-state index contributed by atoms with van der Waals surface area (Å²) in [5.74, 6) is 0.0561. The Labute approximate surface area is 98.6 Å². The van der Waals surface area contributed by atoms with Gasteiger partial charge in [0.2, 0.25) is 0 Å². The van der Waals surface area contributed by atoms with E-state index in [1.54, 1.807) is 0 Å². The van der Waals surface area contributed by atoms with Crippen LogP contribution in [0.4, 0.5) is 18.9 Å². The molecule has 1 rings (SSSR count). The second kappa shape index (κ2) is 5.29. The summed E-state index contributed by atoms with van der Waals surface area (Å²) in [6, 6.07) is 3.56. The molecule has 5 heteroatoms. The van der Waals surface area contributed by atoms with Crippen molar-refractivity contribution in [3.8, 4) is 5.75 Å². The average molecular weight is 247 g/mol. The van der Waals surface area contributed by atoms with Gasteiger partial charge in [0.15, 0.2) is 0 Å². The van der Waals surface area contributed by atoms with Crippen LogP contribution < -0.4 is 10.5 Å². The molecule has 0 fully saturated rings. The van der Waals surface area contributed by atoms with Gasteiger partial charge in [0.05, 0.1) is 12.2 Å². The Morgan fingerprint density at radius 3 is 2.53 bits per heavy atom. The summed E-state index contributed by atoms with van der Waals surface area (Å²) in [5, 5.41) is 0. The first kappa shape index (κ1) is 13.7. The van der Waals surface area contributed by atoms with Crippen molar-refractivity contribution in [2.75, 3.05) is 12.3 Å². The molecular weight excluding hydrogens is 231 g/mol. The zero-order chi connectivity index (χ0) is 13.1. The van der Waals surface area contributed by atoms with E-state index in [1.807, 2.05) is 13.8 Å². The largest absolute Gasteiger partial charge is 0.493 e. The lowest BCUT2D eigenvalue weighted by Gasteiger charge is -2.16. The van der Waals surface area contributed by atoms with Gasteiger partial charge in [-0.05, 0) is 24.1 Å². The van der Waals surface area contributed by atoms with Crippen molar-refractivity contribution < 1.29 is 17.9 Å². The molecule has 0 amide bonds. The number of rotatable bonds is 4. The number of anilines is 1. The lowest BCUT2D eigenvalue weighted by atomic mass is 10.1. The molecule has 1 atom stereocenters. The van der Waals surface area contributed by atoms with Crippen molar-refractivity contribution in [1.82, 2.24) is 0 Å². The van der Waals surface area contributed by atoms with Gasteiger partial charge in [-0.1, -0.05) is 20.3 Å². The number of nitrogens with two attached hydrogens (primary N) is 1. The van der Waals surface area contributed by atoms with Crippen LogP contribution in [0.3, 0.4) is 0 Å². The summed E-state index contributed by atoms with van der Waals surface area (Å²) >= 11 is 0. The minimum Gasteiger partial charge on any atom is -0.493 e. The third-order valence-corrected chi connectivity index (χ3v) is 2.53. The predicted octanol–water partition coefficient (Wildman–Crippen LogP) is 3.71. The SMILES string of the molecule is CCC(C)COc1ccc(N)cc1C(F)(F)F. The van der Waals surface area contributed by atoms with Crippen LogP contribution >= 0.6 is 0 Å². The van der Waals surface area contributed by atoms with E-state index in [9.17, 15) is 13.2 Å². The summed E-state index contributed by atoms with van der Waals surface area (Å²) in [7, 11) is 0. The number of ether oxygens (including phenoxy) is 1. The van der Waals surface area contributed by atoms with Gasteiger partial charge in [0.25, 0.3) is 0 Å². The third-order valence-electron chi connectivity index (χ3n) is 2.53. The second-order valence-corrected chi connectivity index (χ2v) is 4.08. The highest BCUT2D eigenvalue weighted by atomic mass is 19.4. The van der Waals surface area contributed by atoms with Gasteiger partial charge in [-0.15, -0.1) is 0 Å². The summed E-state index contributed by atoms with van der Waals surface area (Å²) in [5.41, 5.74) is 4.61. The van der Waals surface area contributed by atoms with E-state index in [2.05, 4.69) is 0 Å². The summed E-state index contributed by atoms with van der Waals surface area (Å²) in [6.07, 6.45) is -3.59. The van der Waals surface area contributed by atoms with Crippen molar-refractivity contribution in [2.45, 2.75) is 26.4 Å². The number of alkyl halides is 3. The molecule has 0 aliphatic carbocycles. The molecule has 0 heterocycles. The predicted molar refractivity (Wildman–Crippen MR) is 60.8 cm³/mol. The van der Waals surface area contributed by atoms with Gasteiger partial charge in [-0.2, -0.15) is 13.2 Å². The number of halogens is 3.